The summed E-state index contributed by atoms with van der Waals surface area (Å²) in [5.74, 6) is -3.73. The SMILES string of the molecule is CCCCC(C(=O)O)S(=O)(=O)c1ccc(F)cc1F. The topological polar surface area (TPSA) is 71.4 Å². The van der Waals surface area contributed by atoms with Gasteiger partial charge in [-0.05, 0) is 18.6 Å². The minimum atomic E-state index is -4.36. The van der Waals surface area contributed by atoms with Gasteiger partial charge >= 0.3 is 5.97 Å². The number of hydrogen-bond donors (Lipinski definition) is 1. The second kappa shape index (κ2) is 6.10. The van der Waals surface area contributed by atoms with Gasteiger partial charge in [-0.1, -0.05) is 19.8 Å². The summed E-state index contributed by atoms with van der Waals surface area (Å²) in [6.07, 6.45) is 0.898. The Labute approximate surface area is 110 Å². The fraction of sp³-hybridized carbons (Fsp3) is 0.417. The molecule has 0 aromatic heterocycles. The van der Waals surface area contributed by atoms with Crippen LogP contribution in [0.1, 0.15) is 26.2 Å². The van der Waals surface area contributed by atoms with Crippen LogP contribution in [-0.2, 0) is 14.6 Å². The van der Waals surface area contributed by atoms with E-state index in [1.807, 2.05) is 0 Å². The highest BCUT2D eigenvalue weighted by atomic mass is 32.2. The molecule has 0 aliphatic heterocycles. The van der Waals surface area contributed by atoms with E-state index in [1.54, 1.807) is 6.92 Å². The van der Waals surface area contributed by atoms with Gasteiger partial charge in [-0.25, -0.2) is 17.2 Å². The average molecular weight is 292 g/mol. The molecule has 1 aromatic rings. The summed E-state index contributed by atoms with van der Waals surface area (Å²) in [6, 6.07) is 1.96. The third-order valence-corrected chi connectivity index (χ3v) is 4.80. The van der Waals surface area contributed by atoms with Crippen molar-refractivity contribution in [1.82, 2.24) is 0 Å². The van der Waals surface area contributed by atoms with Crippen LogP contribution in [0.2, 0.25) is 0 Å². The number of rotatable bonds is 6. The van der Waals surface area contributed by atoms with Crippen LogP contribution >= 0.6 is 0 Å². The van der Waals surface area contributed by atoms with Gasteiger partial charge in [0.1, 0.15) is 16.5 Å². The highest BCUT2D eigenvalue weighted by Crippen LogP contribution is 2.23. The van der Waals surface area contributed by atoms with Crippen molar-refractivity contribution in [1.29, 1.82) is 0 Å². The van der Waals surface area contributed by atoms with E-state index >= 15 is 0 Å². The minimum Gasteiger partial charge on any atom is -0.480 e. The fourth-order valence-electron chi connectivity index (χ4n) is 1.66. The maximum atomic E-state index is 13.5. The number of aliphatic carboxylic acids is 1. The Balaban J connectivity index is 3.23. The first kappa shape index (κ1) is 15.6. The molecule has 7 heteroatoms. The number of benzene rings is 1. The number of carbonyl (C=O) groups is 1. The Morgan fingerprint density at radius 2 is 2.00 bits per heavy atom. The van der Waals surface area contributed by atoms with Gasteiger partial charge < -0.3 is 5.11 Å². The lowest BCUT2D eigenvalue weighted by Gasteiger charge is -2.13. The molecule has 1 unspecified atom stereocenters. The van der Waals surface area contributed by atoms with Gasteiger partial charge in [-0.3, -0.25) is 4.79 Å². The number of hydrogen-bond acceptors (Lipinski definition) is 3. The summed E-state index contributed by atoms with van der Waals surface area (Å²) in [5.41, 5.74) is 0. The van der Waals surface area contributed by atoms with E-state index in [2.05, 4.69) is 0 Å². The van der Waals surface area contributed by atoms with E-state index < -0.39 is 37.6 Å². The summed E-state index contributed by atoms with van der Waals surface area (Å²) in [4.78, 5) is 10.2. The van der Waals surface area contributed by atoms with Crippen molar-refractivity contribution in [2.45, 2.75) is 36.3 Å². The summed E-state index contributed by atoms with van der Waals surface area (Å²) in [7, 11) is -4.36. The van der Waals surface area contributed by atoms with Crippen molar-refractivity contribution in [2.75, 3.05) is 0 Å². The quantitative estimate of drug-likeness (QED) is 0.817. The van der Waals surface area contributed by atoms with Gasteiger partial charge in [-0.2, -0.15) is 0 Å². The first-order valence-corrected chi connectivity index (χ1v) is 7.27. The lowest BCUT2D eigenvalue weighted by Crippen LogP contribution is -2.30. The Bertz CT molecular complexity index is 569. The molecule has 4 nitrogen and oxygen atoms in total. The lowest BCUT2D eigenvalue weighted by atomic mass is 10.2. The largest absolute Gasteiger partial charge is 0.480 e. The van der Waals surface area contributed by atoms with Gasteiger partial charge in [0.05, 0.1) is 0 Å². The second-order valence-electron chi connectivity index (χ2n) is 4.09. The van der Waals surface area contributed by atoms with E-state index in [1.165, 1.54) is 0 Å². The Morgan fingerprint density at radius 1 is 1.37 bits per heavy atom. The van der Waals surface area contributed by atoms with Crippen LogP contribution in [0, 0.1) is 11.6 Å². The molecule has 0 fully saturated rings. The van der Waals surface area contributed by atoms with Crippen LogP contribution in [-0.4, -0.2) is 24.7 Å². The average Bonchev–Trinajstić information content (AvgIpc) is 2.27. The van der Waals surface area contributed by atoms with Gasteiger partial charge in [0.2, 0.25) is 0 Å². The van der Waals surface area contributed by atoms with Crippen LogP contribution in [0.4, 0.5) is 8.78 Å². The summed E-state index contributed by atoms with van der Waals surface area (Å²) < 4.78 is 50.4. The standard InChI is InChI=1S/C12H14F2O4S/c1-2-3-4-11(12(15)16)19(17,18)10-6-5-8(13)7-9(10)14/h5-7,11H,2-4H2,1H3,(H,15,16). The Kier molecular flexibility index (Phi) is 4.99. The van der Waals surface area contributed by atoms with Crippen molar-refractivity contribution in [3.05, 3.63) is 29.8 Å². The Morgan fingerprint density at radius 3 is 2.47 bits per heavy atom. The third kappa shape index (κ3) is 3.50. The molecule has 1 N–H and O–H groups in total. The number of unbranched alkanes of at least 4 members (excludes halogenated alkanes) is 1. The third-order valence-electron chi connectivity index (χ3n) is 2.67. The van der Waals surface area contributed by atoms with Crippen LogP contribution < -0.4 is 0 Å². The molecule has 1 atom stereocenters. The molecule has 0 radical (unpaired) electrons. The van der Waals surface area contributed by atoms with Crippen molar-refractivity contribution in [3.8, 4) is 0 Å². The molecular formula is C12H14F2O4S. The molecule has 0 heterocycles. The van der Waals surface area contributed by atoms with Gasteiger partial charge in [0, 0.05) is 6.07 Å². The number of carboxylic acid groups (broad SMARTS) is 1. The predicted octanol–water partition coefficient (Wildman–Crippen LogP) is 2.38. The number of sulfone groups is 1. The summed E-state index contributed by atoms with van der Waals surface area (Å²) in [6.45, 7) is 1.78. The highest BCUT2D eigenvalue weighted by Gasteiger charge is 2.35. The van der Waals surface area contributed by atoms with E-state index in [4.69, 9.17) is 5.11 Å². The summed E-state index contributed by atoms with van der Waals surface area (Å²) >= 11 is 0. The van der Waals surface area contributed by atoms with Crippen molar-refractivity contribution in [2.24, 2.45) is 0 Å². The Hall–Kier alpha value is -1.50. The molecule has 19 heavy (non-hydrogen) atoms. The zero-order valence-corrected chi connectivity index (χ0v) is 11.1. The molecule has 0 saturated heterocycles. The molecular weight excluding hydrogens is 278 g/mol. The van der Waals surface area contributed by atoms with Crippen molar-refractivity contribution >= 4 is 15.8 Å². The number of halogens is 2. The maximum absolute atomic E-state index is 13.5. The first-order valence-electron chi connectivity index (χ1n) is 5.72. The lowest BCUT2D eigenvalue weighted by molar-refractivity contribution is -0.136. The highest BCUT2D eigenvalue weighted by molar-refractivity contribution is 7.92. The molecule has 0 aliphatic rings. The normalized spacial score (nSPS) is 13.2. The molecule has 1 rings (SSSR count). The molecule has 0 bridgehead atoms. The van der Waals surface area contributed by atoms with Crippen molar-refractivity contribution < 1.29 is 27.1 Å². The van der Waals surface area contributed by atoms with Crippen LogP contribution in [0.25, 0.3) is 0 Å². The predicted molar refractivity (Wildman–Crippen MR) is 64.5 cm³/mol. The van der Waals surface area contributed by atoms with E-state index in [0.29, 0.717) is 18.9 Å². The smallest absolute Gasteiger partial charge is 0.322 e. The molecule has 106 valence electrons. The van der Waals surface area contributed by atoms with E-state index in [0.717, 1.165) is 12.1 Å². The van der Waals surface area contributed by atoms with Gasteiger partial charge in [0.25, 0.3) is 0 Å². The monoisotopic (exact) mass is 292 g/mol. The van der Waals surface area contributed by atoms with Crippen LogP contribution in [0.5, 0.6) is 0 Å². The zero-order chi connectivity index (χ0) is 14.6. The second-order valence-corrected chi connectivity index (χ2v) is 6.19. The van der Waals surface area contributed by atoms with Gasteiger partial charge in [0.15, 0.2) is 15.1 Å². The molecule has 0 spiro atoms. The fourth-order valence-corrected chi connectivity index (χ4v) is 3.30. The minimum absolute atomic E-state index is 0.106. The van der Waals surface area contributed by atoms with Crippen LogP contribution in [0.15, 0.2) is 23.1 Å². The maximum Gasteiger partial charge on any atom is 0.322 e. The van der Waals surface area contributed by atoms with Gasteiger partial charge in [-0.15, -0.1) is 0 Å². The molecule has 0 amide bonds. The van der Waals surface area contributed by atoms with Crippen LogP contribution in [0.3, 0.4) is 0 Å². The summed E-state index contributed by atoms with van der Waals surface area (Å²) in [5, 5.41) is 7.25. The molecule has 1 aromatic carbocycles. The molecule has 0 saturated carbocycles. The van der Waals surface area contributed by atoms with E-state index in [9.17, 15) is 22.0 Å². The first-order chi connectivity index (χ1) is 8.80. The van der Waals surface area contributed by atoms with E-state index in [-0.39, 0.29) is 6.42 Å². The zero-order valence-electron chi connectivity index (χ0n) is 10.3. The van der Waals surface area contributed by atoms with Crippen molar-refractivity contribution in [3.63, 3.8) is 0 Å². The number of carboxylic acids is 1. The molecule has 0 aliphatic carbocycles.